The van der Waals surface area contributed by atoms with Gasteiger partial charge in [0.25, 0.3) is 0 Å². The molecular weight excluding hydrogens is 312 g/mol. The molecule has 0 saturated heterocycles. The Morgan fingerprint density at radius 3 is 2.24 bits per heavy atom. The van der Waals surface area contributed by atoms with Gasteiger partial charge in [0.15, 0.2) is 11.5 Å². The molecule has 0 saturated carbocycles. The third-order valence-corrected chi connectivity index (χ3v) is 5.25. The summed E-state index contributed by atoms with van der Waals surface area (Å²) in [4.78, 5) is 0. The molecule has 1 atom stereocenters. The molecule has 0 radical (unpaired) electrons. The normalized spacial score (nSPS) is 13.6. The first-order valence-corrected chi connectivity index (χ1v) is 9.36. The predicted molar refractivity (Wildman–Crippen MR) is 103 cm³/mol. The van der Waals surface area contributed by atoms with Gasteiger partial charge in [0.2, 0.25) is 0 Å². The van der Waals surface area contributed by atoms with Gasteiger partial charge in [-0.1, -0.05) is 33.8 Å². The van der Waals surface area contributed by atoms with Crippen molar-refractivity contribution in [1.82, 2.24) is 5.32 Å². The van der Waals surface area contributed by atoms with Crippen LogP contribution in [0.5, 0.6) is 11.5 Å². The van der Waals surface area contributed by atoms with Crippen LogP contribution in [-0.2, 0) is 5.41 Å². The lowest BCUT2D eigenvalue weighted by Gasteiger charge is -2.32. The standard InChI is InChI=1S/C21H34N2O2/c1-7-18(8-2)23-13-9-12-21(15-22,16(3)4)17-10-11-19(24-5)20(14-17)25-6/h10-11,14,16,18,23H,7-9,12-13H2,1-6H3. The molecule has 0 heterocycles. The topological polar surface area (TPSA) is 54.3 Å². The molecule has 0 aliphatic heterocycles. The number of nitrogens with one attached hydrogen (secondary N) is 1. The van der Waals surface area contributed by atoms with E-state index in [1.807, 2.05) is 18.2 Å². The molecule has 0 bridgehead atoms. The van der Waals surface area contributed by atoms with Crippen LogP contribution in [0.2, 0.25) is 0 Å². The lowest BCUT2D eigenvalue weighted by molar-refractivity contribution is 0.338. The van der Waals surface area contributed by atoms with E-state index in [-0.39, 0.29) is 5.92 Å². The van der Waals surface area contributed by atoms with Crippen molar-refractivity contribution in [1.29, 1.82) is 5.26 Å². The minimum atomic E-state index is -0.519. The number of hydrogen-bond acceptors (Lipinski definition) is 4. The molecule has 1 rings (SSSR count). The van der Waals surface area contributed by atoms with Gasteiger partial charge in [-0.15, -0.1) is 0 Å². The van der Waals surface area contributed by atoms with Gasteiger partial charge in [-0.2, -0.15) is 5.26 Å². The highest BCUT2D eigenvalue weighted by Gasteiger charge is 2.36. The van der Waals surface area contributed by atoms with Gasteiger partial charge >= 0.3 is 0 Å². The van der Waals surface area contributed by atoms with E-state index in [0.29, 0.717) is 17.5 Å². The van der Waals surface area contributed by atoms with E-state index in [2.05, 4.69) is 39.1 Å². The molecule has 1 aromatic rings. The van der Waals surface area contributed by atoms with Crippen LogP contribution in [0, 0.1) is 17.2 Å². The maximum atomic E-state index is 10.0. The third kappa shape index (κ3) is 5.12. The summed E-state index contributed by atoms with van der Waals surface area (Å²) in [7, 11) is 3.26. The molecule has 0 fully saturated rings. The summed E-state index contributed by atoms with van der Waals surface area (Å²) in [6.45, 7) is 9.59. The molecule has 1 aromatic carbocycles. The zero-order valence-electron chi connectivity index (χ0n) is 16.7. The quantitative estimate of drug-likeness (QED) is 0.591. The monoisotopic (exact) mass is 346 g/mol. The van der Waals surface area contributed by atoms with E-state index in [9.17, 15) is 5.26 Å². The van der Waals surface area contributed by atoms with Crippen LogP contribution in [0.1, 0.15) is 58.9 Å². The highest BCUT2D eigenvalue weighted by molar-refractivity contribution is 5.47. The summed E-state index contributed by atoms with van der Waals surface area (Å²) in [6, 6.07) is 9.03. The Morgan fingerprint density at radius 2 is 1.76 bits per heavy atom. The van der Waals surface area contributed by atoms with Crippen molar-refractivity contribution in [3.8, 4) is 17.6 Å². The largest absolute Gasteiger partial charge is 0.493 e. The highest BCUT2D eigenvalue weighted by Crippen LogP contribution is 2.40. The van der Waals surface area contributed by atoms with Crippen molar-refractivity contribution in [2.24, 2.45) is 5.92 Å². The molecular formula is C21H34N2O2. The van der Waals surface area contributed by atoms with Crippen LogP contribution in [0.25, 0.3) is 0 Å². The van der Waals surface area contributed by atoms with Crippen molar-refractivity contribution in [3.05, 3.63) is 23.8 Å². The fourth-order valence-electron chi connectivity index (χ4n) is 3.38. The Hall–Kier alpha value is -1.73. The second kappa shape index (κ2) is 10.3. The average molecular weight is 347 g/mol. The number of hydrogen-bond donors (Lipinski definition) is 1. The molecule has 140 valence electrons. The molecule has 0 spiro atoms. The molecule has 4 heteroatoms. The number of nitriles is 1. The lowest BCUT2D eigenvalue weighted by atomic mass is 9.69. The molecule has 1 unspecified atom stereocenters. The maximum Gasteiger partial charge on any atom is 0.161 e. The summed E-state index contributed by atoms with van der Waals surface area (Å²) in [5.41, 5.74) is 0.486. The van der Waals surface area contributed by atoms with Gasteiger partial charge < -0.3 is 14.8 Å². The SMILES string of the molecule is CCC(CC)NCCCC(C#N)(c1ccc(OC)c(OC)c1)C(C)C. The number of methoxy groups -OCH3 is 2. The first-order chi connectivity index (χ1) is 12.0. The van der Waals surface area contributed by atoms with Crippen LogP contribution in [0.3, 0.4) is 0 Å². The Labute approximate surface area is 153 Å². The second-order valence-electron chi connectivity index (χ2n) is 6.88. The van der Waals surface area contributed by atoms with E-state index >= 15 is 0 Å². The second-order valence-corrected chi connectivity index (χ2v) is 6.88. The van der Waals surface area contributed by atoms with Gasteiger partial charge in [0.05, 0.1) is 25.7 Å². The fourth-order valence-corrected chi connectivity index (χ4v) is 3.38. The third-order valence-electron chi connectivity index (χ3n) is 5.25. The predicted octanol–water partition coefficient (Wildman–Crippen LogP) is 4.68. The van der Waals surface area contributed by atoms with Gasteiger partial charge in [0.1, 0.15) is 0 Å². The Kier molecular flexibility index (Phi) is 8.78. The van der Waals surface area contributed by atoms with Gasteiger partial charge in [-0.25, -0.2) is 0 Å². The summed E-state index contributed by atoms with van der Waals surface area (Å²) in [5, 5.41) is 13.6. The van der Waals surface area contributed by atoms with E-state index in [4.69, 9.17) is 9.47 Å². The lowest BCUT2D eigenvalue weighted by Crippen LogP contribution is -2.34. The Balaban J connectivity index is 2.98. The molecule has 0 aliphatic rings. The van der Waals surface area contributed by atoms with Gasteiger partial charge in [0, 0.05) is 6.04 Å². The molecule has 0 amide bonds. The Morgan fingerprint density at radius 1 is 1.12 bits per heavy atom. The average Bonchev–Trinajstić information content (AvgIpc) is 2.64. The van der Waals surface area contributed by atoms with Crippen LogP contribution in [-0.4, -0.2) is 26.8 Å². The number of nitrogens with zero attached hydrogens (tertiary/aromatic N) is 1. The van der Waals surface area contributed by atoms with Crippen LogP contribution < -0.4 is 14.8 Å². The molecule has 0 aromatic heterocycles. The zero-order valence-corrected chi connectivity index (χ0v) is 16.7. The van der Waals surface area contributed by atoms with Crippen LogP contribution in [0.15, 0.2) is 18.2 Å². The minimum absolute atomic E-state index is 0.212. The van der Waals surface area contributed by atoms with Crippen molar-refractivity contribution in [2.45, 2.75) is 64.8 Å². The van der Waals surface area contributed by atoms with Gasteiger partial charge in [-0.3, -0.25) is 0 Å². The van der Waals surface area contributed by atoms with E-state index < -0.39 is 5.41 Å². The van der Waals surface area contributed by atoms with Crippen LogP contribution >= 0.6 is 0 Å². The number of rotatable bonds is 11. The number of benzene rings is 1. The van der Waals surface area contributed by atoms with Crippen molar-refractivity contribution < 1.29 is 9.47 Å². The molecule has 4 nitrogen and oxygen atoms in total. The fraction of sp³-hybridized carbons (Fsp3) is 0.667. The van der Waals surface area contributed by atoms with E-state index in [1.54, 1.807) is 14.2 Å². The summed E-state index contributed by atoms with van der Waals surface area (Å²) >= 11 is 0. The highest BCUT2D eigenvalue weighted by atomic mass is 16.5. The molecule has 25 heavy (non-hydrogen) atoms. The molecule has 0 aliphatic carbocycles. The minimum Gasteiger partial charge on any atom is -0.493 e. The van der Waals surface area contributed by atoms with Gasteiger partial charge in [-0.05, 0) is 55.8 Å². The van der Waals surface area contributed by atoms with Crippen LogP contribution in [0.4, 0.5) is 0 Å². The smallest absolute Gasteiger partial charge is 0.161 e. The Bertz CT molecular complexity index is 562. The summed E-state index contributed by atoms with van der Waals surface area (Å²) < 4.78 is 10.8. The van der Waals surface area contributed by atoms with Crippen molar-refractivity contribution >= 4 is 0 Å². The summed E-state index contributed by atoms with van der Waals surface area (Å²) in [5.74, 6) is 1.58. The first-order valence-electron chi connectivity index (χ1n) is 9.36. The summed E-state index contributed by atoms with van der Waals surface area (Å²) in [6.07, 6.45) is 4.07. The zero-order chi connectivity index (χ0) is 18.9. The molecule has 1 N–H and O–H groups in total. The van der Waals surface area contributed by atoms with Crippen molar-refractivity contribution in [3.63, 3.8) is 0 Å². The first kappa shape index (κ1) is 21.3. The number of ether oxygens (including phenoxy) is 2. The van der Waals surface area contributed by atoms with E-state index in [1.165, 1.54) is 0 Å². The maximum absolute atomic E-state index is 10.0. The van der Waals surface area contributed by atoms with Crippen molar-refractivity contribution in [2.75, 3.05) is 20.8 Å². The van der Waals surface area contributed by atoms with E-state index in [0.717, 1.165) is 37.8 Å².